The summed E-state index contributed by atoms with van der Waals surface area (Å²) in [7, 11) is 0. The van der Waals surface area contributed by atoms with Gasteiger partial charge in [-0.05, 0) is 63.2 Å². The van der Waals surface area contributed by atoms with E-state index in [4.69, 9.17) is 32.9 Å². The Hall–Kier alpha value is -3.40. The fourth-order valence-corrected chi connectivity index (χ4v) is 6.23. The number of pyridine rings is 2. The molecule has 0 radical (unpaired) electrons. The zero-order valence-electron chi connectivity index (χ0n) is 22.2. The van der Waals surface area contributed by atoms with E-state index in [0.717, 1.165) is 80.1 Å². The highest BCUT2D eigenvalue weighted by molar-refractivity contribution is 6.35. The Bertz CT molecular complexity index is 1480. The second-order valence-corrected chi connectivity index (χ2v) is 11.1. The highest BCUT2D eigenvalue weighted by Gasteiger charge is 2.28. The molecule has 5 heterocycles. The number of hydrogen-bond acceptors (Lipinski definition) is 7. The second kappa shape index (κ2) is 11.6. The number of H-pyrrole nitrogens is 1. The maximum Gasteiger partial charge on any atom is 0.225 e. The molecule has 2 aliphatic heterocycles. The lowest BCUT2D eigenvalue weighted by atomic mass is 9.96. The van der Waals surface area contributed by atoms with Gasteiger partial charge in [-0.15, -0.1) is 0 Å². The van der Waals surface area contributed by atoms with Gasteiger partial charge in [0.15, 0.2) is 0 Å². The molecule has 6 rings (SSSR count). The van der Waals surface area contributed by atoms with Crippen molar-refractivity contribution in [3.8, 4) is 17.0 Å². The van der Waals surface area contributed by atoms with Crippen LogP contribution >= 0.6 is 23.2 Å². The summed E-state index contributed by atoms with van der Waals surface area (Å²) in [5.74, 6) is 2.04. The monoisotopic (exact) mass is 579 g/mol. The maximum atomic E-state index is 12.9. The van der Waals surface area contributed by atoms with E-state index in [-0.39, 0.29) is 12.0 Å². The molecule has 1 amide bonds. The molecule has 0 aliphatic carbocycles. The van der Waals surface area contributed by atoms with Crippen LogP contribution in [0.5, 0.6) is 5.75 Å². The number of carbonyl (C=O) groups excluding carboxylic acids is 1. The molecule has 208 valence electrons. The number of amides is 1. The first-order valence-electron chi connectivity index (χ1n) is 13.6. The number of nitrogens with zero attached hydrogens (tertiary/aromatic N) is 5. The maximum absolute atomic E-state index is 12.9. The van der Waals surface area contributed by atoms with Crippen LogP contribution in [0.1, 0.15) is 31.4 Å². The third kappa shape index (κ3) is 5.46. The fourth-order valence-electron chi connectivity index (χ4n) is 5.56. The van der Waals surface area contributed by atoms with Crippen molar-refractivity contribution in [1.29, 1.82) is 0 Å². The number of aromatic amines is 1. The van der Waals surface area contributed by atoms with Crippen LogP contribution in [0.2, 0.25) is 10.0 Å². The second-order valence-electron chi connectivity index (χ2n) is 10.3. The highest BCUT2D eigenvalue weighted by Crippen LogP contribution is 2.35. The van der Waals surface area contributed by atoms with Crippen molar-refractivity contribution in [2.45, 2.75) is 25.9 Å². The molecule has 9 nitrogen and oxygen atoms in total. The Labute approximate surface area is 242 Å². The number of nitrogens with one attached hydrogen (secondary N) is 2. The van der Waals surface area contributed by atoms with Gasteiger partial charge in [-0.25, -0.2) is 4.98 Å². The van der Waals surface area contributed by atoms with E-state index in [2.05, 4.69) is 25.4 Å². The highest BCUT2D eigenvalue weighted by atomic mass is 35.5. The van der Waals surface area contributed by atoms with E-state index >= 15 is 0 Å². The fraction of sp³-hybridized carbons (Fsp3) is 0.379. The van der Waals surface area contributed by atoms with Crippen molar-refractivity contribution in [3.63, 3.8) is 0 Å². The molecule has 2 N–H and O–H groups in total. The van der Waals surface area contributed by atoms with E-state index in [0.29, 0.717) is 27.3 Å². The first kappa shape index (κ1) is 26.8. The minimum Gasteiger partial charge on any atom is -0.486 e. The summed E-state index contributed by atoms with van der Waals surface area (Å²) in [5.41, 5.74) is 3.29. The van der Waals surface area contributed by atoms with Gasteiger partial charge in [0.05, 0.1) is 15.6 Å². The van der Waals surface area contributed by atoms with Crippen molar-refractivity contribution < 1.29 is 9.53 Å². The number of benzene rings is 1. The Morgan fingerprint density at radius 2 is 1.77 bits per heavy atom. The number of hydrogen-bond donors (Lipinski definition) is 2. The zero-order valence-corrected chi connectivity index (χ0v) is 23.8. The summed E-state index contributed by atoms with van der Waals surface area (Å²) in [6, 6.07) is 9.85. The van der Waals surface area contributed by atoms with Gasteiger partial charge in [-0.3, -0.25) is 14.9 Å². The Morgan fingerprint density at radius 1 is 1.02 bits per heavy atom. The van der Waals surface area contributed by atoms with Crippen LogP contribution in [-0.4, -0.2) is 70.2 Å². The molecule has 0 unspecified atom stereocenters. The Balaban J connectivity index is 1.14. The van der Waals surface area contributed by atoms with E-state index in [1.165, 1.54) is 0 Å². The van der Waals surface area contributed by atoms with Crippen molar-refractivity contribution in [3.05, 3.63) is 64.5 Å². The quantitative estimate of drug-likeness (QED) is 0.327. The third-order valence-electron chi connectivity index (χ3n) is 7.77. The normalized spacial score (nSPS) is 17.3. The molecule has 3 aromatic heterocycles. The van der Waals surface area contributed by atoms with Crippen LogP contribution in [0.4, 0.5) is 5.82 Å². The number of fused-ring (bicyclic) bond motifs is 1. The van der Waals surface area contributed by atoms with Crippen LogP contribution in [0, 0.1) is 5.92 Å². The predicted octanol–water partition coefficient (Wildman–Crippen LogP) is 5.11. The summed E-state index contributed by atoms with van der Waals surface area (Å²) in [5, 5.41) is 12.8. The van der Waals surface area contributed by atoms with Crippen LogP contribution < -0.4 is 15.0 Å². The summed E-state index contributed by atoms with van der Waals surface area (Å²) >= 11 is 12.6. The third-order valence-corrected chi connectivity index (χ3v) is 8.37. The summed E-state index contributed by atoms with van der Waals surface area (Å²) in [6.45, 7) is 6.78. The van der Waals surface area contributed by atoms with Gasteiger partial charge in [0.2, 0.25) is 5.91 Å². The van der Waals surface area contributed by atoms with E-state index in [1.807, 2.05) is 48.4 Å². The molecule has 0 saturated carbocycles. The number of aromatic nitrogens is 4. The van der Waals surface area contributed by atoms with Gasteiger partial charge in [-0.2, -0.15) is 5.10 Å². The van der Waals surface area contributed by atoms with E-state index in [1.54, 1.807) is 12.4 Å². The van der Waals surface area contributed by atoms with E-state index in [9.17, 15) is 4.79 Å². The molecule has 1 atom stereocenters. The van der Waals surface area contributed by atoms with Crippen LogP contribution in [0.25, 0.3) is 22.2 Å². The number of ether oxygens (including phenoxy) is 1. The molecular formula is C29H31Cl2N7O2. The number of carbonyl (C=O) groups is 1. The van der Waals surface area contributed by atoms with Crippen molar-refractivity contribution in [2.24, 2.45) is 5.92 Å². The van der Waals surface area contributed by atoms with Gasteiger partial charge in [0, 0.05) is 67.2 Å². The predicted molar refractivity (Wildman–Crippen MR) is 157 cm³/mol. The number of rotatable bonds is 6. The standard InChI is InChI=1S/C29H31Cl2N7O2/c1-18(27-23(30)16-33-17-24(27)31)40-21-3-4-25-22(14-21)28(36-35-25)20-2-5-26(34-15-20)37-10-12-38(13-11-37)29(39)19-6-8-32-9-7-19/h2-5,14-19,32H,6-13H2,1H3,(H,35,36)/t18-/m1/s1. The average Bonchev–Trinajstić information content (AvgIpc) is 3.41. The van der Waals surface area contributed by atoms with Crippen molar-refractivity contribution >= 4 is 45.8 Å². The molecule has 2 aliphatic rings. The smallest absolute Gasteiger partial charge is 0.225 e. The molecule has 0 spiro atoms. The topological polar surface area (TPSA) is 99.3 Å². The molecule has 11 heteroatoms. The van der Waals surface area contributed by atoms with Crippen molar-refractivity contribution in [2.75, 3.05) is 44.2 Å². The molecule has 0 bridgehead atoms. The van der Waals surface area contributed by atoms with Crippen LogP contribution in [-0.2, 0) is 4.79 Å². The summed E-state index contributed by atoms with van der Waals surface area (Å²) < 4.78 is 6.20. The number of anilines is 1. The minimum absolute atomic E-state index is 0.161. The lowest BCUT2D eigenvalue weighted by molar-refractivity contribution is -0.136. The van der Waals surface area contributed by atoms with Crippen LogP contribution in [0.15, 0.2) is 48.9 Å². The Kier molecular flexibility index (Phi) is 7.78. The SMILES string of the molecule is C[C@@H](Oc1ccc2[nH]nc(-c3ccc(N4CCN(C(=O)C5CCNCC5)CC4)nc3)c2c1)c1c(Cl)cncc1Cl. The zero-order chi connectivity index (χ0) is 27.6. The largest absolute Gasteiger partial charge is 0.486 e. The Morgan fingerprint density at radius 3 is 2.48 bits per heavy atom. The van der Waals surface area contributed by atoms with Gasteiger partial charge in [0.1, 0.15) is 23.4 Å². The van der Waals surface area contributed by atoms with E-state index < -0.39 is 0 Å². The number of piperazine rings is 1. The lowest BCUT2D eigenvalue weighted by Crippen LogP contribution is -2.51. The van der Waals surface area contributed by atoms with Gasteiger partial charge in [0.25, 0.3) is 0 Å². The number of piperidine rings is 1. The molecular weight excluding hydrogens is 549 g/mol. The number of halogens is 2. The molecule has 2 fully saturated rings. The molecule has 1 aromatic carbocycles. The molecule has 4 aromatic rings. The molecule has 2 saturated heterocycles. The van der Waals surface area contributed by atoms with Gasteiger partial charge in [-0.1, -0.05) is 23.2 Å². The average molecular weight is 581 g/mol. The summed E-state index contributed by atoms with van der Waals surface area (Å²) in [4.78, 5) is 25.9. The van der Waals surface area contributed by atoms with Crippen LogP contribution in [0.3, 0.4) is 0 Å². The minimum atomic E-state index is -0.368. The summed E-state index contributed by atoms with van der Waals surface area (Å²) in [6.07, 6.45) is 6.47. The molecule has 40 heavy (non-hydrogen) atoms. The van der Waals surface area contributed by atoms with Gasteiger partial charge >= 0.3 is 0 Å². The first-order valence-corrected chi connectivity index (χ1v) is 14.4. The van der Waals surface area contributed by atoms with Crippen molar-refractivity contribution in [1.82, 2.24) is 30.4 Å². The van der Waals surface area contributed by atoms with Gasteiger partial charge < -0.3 is 19.9 Å². The first-order chi connectivity index (χ1) is 19.5. The lowest BCUT2D eigenvalue weighted by Gasteiger charge is -2.37.